The van der Waals surface area contributed by atoms with Crippen LogP contribution in [0.3, 0.4) is 0 Å². The molecule has 0 aliphatic rings. The minimum atomic E-state index is -0.789. The van der Waals surface area contributed by atoms with Gasteiger partial charge >= 0.3 is 0 Å². The molecule has 1 amide bonds. The summed E-state index contributed by atoms with van der Waals surface area (Å²) in [7, 11) is 1.45. The molecule has 0 fully saturated rings. The van der Waals surface area contributed by atoms with E-state index in [1.54, 1.807) is 5.38 Å². The Kier molecular flexibility index (Phi) is 8.16. The highest BCUT2D eigenvalue weighted by atomic mass is 32.1. The third-order valence-corrected chi connectivity index (χ3v) is 6.09. The van der Waals surface area contributed by atoms with Gasteiger partial charge in [-0.25, -0.2) is 4.98 Å². The minimum Gasteiger partial charge on any atom is -0.504 e. The summed E-state index contributed by atoms with van der Waals surface area (Å²) in [6, 6.07) is 7.48. The minimum absolute atomic E-state index is 0.158. The smallest absolute Gasteiger partial charge is 0.230 e. The molecule has 34 heavy (non-hydrogen) atoms. The molecule has 3 rings (SSSR count). The number of phenols is 4. The maximum atomic E-state index is 12.1. The second-order valence-corrected chi connectivity index (χ2v) is 8.60. The number of carbonyl (C=O) groups excluding carboxylic acids is 1. The number of ether oxygens (including phenoxy) is 1. The molecule has 8 N–H and O–H groups in total. The number of benzene rings is 2. The van der Waals surface area contributed by atoms with Crippen molar-refractivity contribution in [1.29, 1.82) is 0 Å². The van der Waals surface area contributed by atoms with Crippen molar-refractivity contribution in [3.05, 3.63) is 52.0 Å². The lowest BCUT2D eigenvalue weighted by Crippen LogP contribution is -2.25. The Labute approximate surface area is 200 Å². The first-order chi connectivity index (χ1) is 16.2. The number of nitrogen functional groups attached to an aromatic ring is 1. The van der Waals surface area contributed by atoms with Gasteiger partial charge in [0.05, 0.1) is 18.2 Å². The van der Waals surface area contributed by atoms with E-state index >= 15 is 0 Å². The molecule has 1 unspecified atom stereocenters. The SMILES string of the molecule is COC(CNCCc1ccc(NC(=O)Cc2csc(N)n2)cc1)c1c(C)c(O)c(O)c(O)c1O. The Bertz CT molecular complexity index is 1120. The number of hydrogen-bond donors (Lipinski definition) is 7. The molecule has 182 valence electrons. The van der Waals surface area contributed by atoms with Crippen LogP contribution < -0.4 is 16.4 Å². The number of rotatable bonds is 10. The van der Waals surface area contributed by atoms with Crippen molar-refractivity contribution in [1.82, 2.24) is 10.3 Å². The van der Waals surface area contributed by atoms with E-state index < -0.39 is 29.1 Å². The summed E-state index contributed by atoms with van der Waals surface area (Å²) in [4.78, 5) is 16.2. The zero-order valence-electron chi connectivity index (χ0n) is 18.8. The van der Waals surface area contributed by atoms with Crippen molar-refractivity contribution < 1.29 is 30.0 Å². The lowest BCUT2D eigenvalue weighted by molar-refractivity contribution is -0.115. The van der Waals surface area contributed by atoms with Gasteiger partial charge in [0.1, 0.15) is 0 Å². The molecule has 0 spiro atoms. The van der Waals surface area contributed by atoms with Crippen LogP contribution >= 0.6 is 11.3 Å². The highest BCUT2D eigenvalue weighted by molar-refractivity contribution is 7.13. The summed E-state index contributed by atoms with van der Waals surface area (Å²) < 4.78 is 5.42. The molecular weight excluding hydrogens is 460 g/mol. The molecule has 1 heterocycles. The quantitative estimate of drug-likeness (QED) is 0.129. The zero-order chi connectivity index (χ0) is 24.8. The molecule has 0 aliphatic heterocycles. The topological polar surface area (TPSA) is 170 Å². The lowest BCUT2D eigenvalue weighted by atomic mass is 9.99. The van der Waals surface area contributed by atoms with Crippen LogP contribution in [-0.4, -0.2) is 51.5 Å². The lowest BCUT2D eigenvalue weighted by Gasteiger charge is -2.21. The van der Waals surface area contributed by atoms with Gasteiger partial charge < -0.3 is 41.5 Å². The van der Waals surface area contributed by atoms with Crippen LogP contribution in [0.5, 0.6) is 23.0 Å². The molecular formula is C23H28N4O6S. The molecule has 11 heteroatoms. The average molecular weight is 489 g/mol. The Morgan fingerprint density at radius 2 is 1.79 bits per heavy atom. The van der Waals surface area contributed by atoms with Gasteiger partial charge in [-0.3, -0.25) is 4.79 Å². The summed E-state index contributed by atoms with van der Waals surface area (Å²) in [5.41, 5.74) is 8.37. The molecule has 0 aliphatic carbocycles. The summed E-state index contributed by atoms with van der Waals surface area (Å²) >= 11 is 1.30. The van der Waals surface area contributed by atoms with E-state index in [-0.39, 0.29) is 23.5 Å². The van der Waals surface area contributed by atoms with Crippen LogP contribution in [0.2, 0.25) is 0 Å². The summed E-state index contributed by atoms with van der Waals surface area (Å²) in [6.07, 6.45) is 0.189. The monoisotopic (exact) mass is 488 g/mol. The molecule has 2 aromatic carbocycles. The third kappa shape index (κ3) is 5.87. The van der Waals surface area contributed by atoms with Crippen LogP contribution in [0.4, 0.5) is 10.8 Å². The number of hydrogen-bond acceptors (Lipinski definition) is 10. The number of carbonyl (C=O) groups is 1. The largest absolute Gasteiger partial charge is 0.504 e. The normalized spacial score (nSPS) is 11.9. The maximum absolute atomic E-state index is 12.1. The summed E-state index contributed by atoms with van der Waals surface area (Å²) in [5.74, 6) is -2.76. The van der Waals surface area contributed by atoms with Crippen molar-refractivity contribution >= 4 is 28.1 Å². The molecule has 0 bridgehead atoms. The van der Waals surface area contributed by atoms with E-state index in [4.69, 9.17) is 10.5 Å². The molecule has 0 radical (unpaired) electrons. The first kappa shape index (κ1) is 25.1. The van der Waals surface area contributed by atoms with Gasteiger partial charge in [0.25, 0.3) is 0 Å². The number of aromatic hydroxyl groups is 4. The second kappa shape index (κ2) is 11.1. The highest BCUT2D eigenvalue weighted by Gasteiger charge is 2.26. The number of nitrogens with two attached hydrogens (primary N) is 1. The third-order valence-electron chi connectivity index (χ3n) is 5.36. The van der Waals surface area contributed by atoms with Crippen molar-refractivity contribution in [2.24, 2.45) is 0 Å². The van der Waals surface area contributed by atoms with Crippen LogP contribution in [0.15, 0.2) is 29.6 Å². The predicted molar refractivity (Wildman–Crippen MR) is 129 cm³/mol. The van der Waals surface area contributed by atoms with E-state index in [1.165, 1.54) is 25.4 Å². The molecule has 1 aromatic heterocycles. The number of nitrogens with one attached hydrogen (secondary N) is 2. The van der Waals surface area contributed by atoms with E-state index in [0.29, 0.717) is 36.0 Å². The maximum Gasteiger partial charge on any atom is 0.230 e. The summed E-state index contributed by atoms with van der Waals surface area (Å²) in [6.45, 7) is 2.40. The van der Waals surface area contributed by atoms with E-state index in [9.17, 15) is 25.2 Å². The number of amides is 1. The number of methoxy groups -OCH3 is 1. The molecule has 0 saturated heterocycles. The van der Waals surface area contributed by atoms with Crippen LogP contribution in [0.1, 0.15) is 28.5 Å². The van der Waals surface area contributed by atoms with Crippen molar-refractivity contribution in [3.8, 4) is 23.0 Å². The van der Waals surface area contributed by atoms with E-state index in [0.717, 1.165) is 5.56 Å². The number of aromatic nitrogens is 1. The molecule has 1 atom stereocenters. The van der Waals surface area contributed by atoms with E-state index in [1.807, 2.05) is 24.3 Å². The van der Waals surface area contributed by atoms with Crippen LogP contribution in [0.25, 0.3) is 0 Å². The van der Waals surface area contributed by atoms with Gasteiger partial charge in [-0.2, -0.15) is 0 Å². The zero-order valence-corrected chi connectivity index (χ0v) is 19.6. The fourth-order valence-electron chi connectivity index (χ4n) is 3.53. The number of phenolic OH excluding ortho intramolecular Hbond substituents is 4. The first-order valence-corrected chi connectivity index (χ1v) is 11.4. The van der Waals surface area contributed by atoms with Gasteiger partial charge in [-0.1, -0.05) is 12.1 Å². The van der Waals surface area contributed by atoms with Gasteiger partial charge in [0.2, 0.25) is 17.4 Å². The van der Waals surface area contributed by atoms with Crippen molar-refractivity contribution in [2.45, 2.75) is 25.9 Å². The fourth-order valence-corrected chi connectivity index (χ4v) is 4.09. The first-order valence-electron chi connectivity index (χ1n) is 10.5. The molecule has 3 aromatic rings. The predicted octanol–water partition coefficient (Wildman–Crippen LogP) is 2.56. The van der Waals surface area contributed by atoms with Gasteiger partial charge in [0.15, 0.2) is 16.6 Å². The highest BCUT2D eigenvalue weighted by Crippen LogP contribution is 2.49. The summed E-state index contributed by atoms with van der Waals surface area (Å²) in [5, 5.41) is 48.0. The van der Waals surface area contributed by atoms with Gasteiger partial charge in [-0.05, 0) is 37.6 Å². The Morgan fingerprint density at radius 1 is 1.12 bits per heavy atom. The van der Waals surface area contributed by atoms with Crippen LogP contribution in [-0.2, 0) is 22.4 Å². The second-order valence-electron chi connectivity index (χ2n) is 7.71. The average Bonchev–Trinajstić information content (AvgIpc) is 3.23. The Hall–Kier alpha value is -3.54. The van der Waals surface area contributed by atoms with E-state index in [2.05, 4.69) is 15.6 Å². The molecule has 0 saturated carbocycles. The fraction of sp³-hybridized carbons (Fsp3) is 0.304. The number of thiazole rings is 1. The Morgan fingerprint density at radius 3 is 2.41 bits per heavy atom. The molecule has 10 nitrogen and oxygen atoms in total. The van der Waals surface area contributed by atoms with Crippen molar-refractivity contribution in [3.63, 3.8) is 0 Å². The van der Waals surface area contributed by atoms with Gasteiger partial charge in [0, 0.05) is 35.8 Å². The van der Waals surface area contributed by atoms with Crippen molar-refractivity contribution in [2.75, 3.05) is 31.2 Å². The van der Waals surface area contributed by atoms with Gasteiger partial charge in [-0.15, -0.1) is 11.3 Å². The van der Waals surface area contributed by atoms with Crippen LogP contribution in [0, 0.1) is 6.92 Å². The number of anilines is 2. The number of nitrogens with zero attached hydrogens (tertiary/aromatic N) is 1. The Balaban J connectivity index is 1.50. The standard InChI is InChI=1S/C23H28N4O6S/c1-12-18(20(30)22(32)21(31)19(12)29)16(33-2)10-25-8-7-13-3-5-14(6-4-13)26-17(28)9-15-11-34-23(24)27-15/h3-6,11,16,25,29-32H,7-10H2,1-2H3,(H2,24,27)(H,26,28).